The largest absolute Gasteiger partial charge is 0.490 e. The van der Waals surface area contributed by atoms with Crippen LogP contribution in [-0.4, -0.2) is 35.9 Å². The number of ketones is 1. The van der Waals surface area contributed by atoms with Crippen molar-refractivity contribution in [3.63, 3.8) is 0 Å². The number of hydrogen-bond acceptors (Lipinski definition) is 3. The summed E-state index contributed by atoms with van der Waals surface area (Å²) in [6, 6.07) is 15.9. The van der Waals surface area contributed by atoms with E-state index in [4.69, 9.17) is 4.74 Å². The second-order valence-electron chi connectivity index (χ2n) is 6.51. The number of hydrogen-bond donors (Lipinski definition) is 1. The van der Waals surface area contributed by atoms with Gasteiger partial charge in [-0.2, -0.15) is 0 Å². The Bertz CT molecular complexity index is 910. The van der Waals surface area contributed by atoms with Crippen LogP contribution in [-0.2, 0) is 6.54 Å². The molecule has 0 saturated heterocycles. The van der Waals surface area contributed by atoms with E-state index in [0.717, 1.165) is 33.5 Å². The number of nitrogens with zero attached hydrogens (tertiary/aromatic N) is 1. The monoisotopic (exact) mass is 348 g/mol. The summed E-state index contributed by atoms with van der Waals surface area (Å²) in [7, 11) is 1.96. The van der Waals surface area contributed by atoms with E-state index in [0.29, 0.717) is 19.7 Å². The summed E-state index contributed by atoms with van der Waals surface area (Å²) >= 11 is 0. The molecule has 0 spiro atoms. The van der Waals surface area contributed by atoms with Crippen LogP contribution in [0.4, 0.5) is 0 Å². The van der Waals surface area contributed by atoms with E-state index in [9.17, 15) is 4.79 Å². The lowest BCUT2D eigenvalue weighted by atomic mass is 10.1. The molecule has 4 heteroatoms. The van der Waals surface area contributed by atoms with Crippen molar-refractivity contribution in [2.45, 2.75) is 13.5 Å². The molecule has 0 aliphatic heterocycles. The third kappa shape index (κ3) is 4.03. The Morgan fingerprint density at radius 1 is 1.19 bits per heavy atom. The molecule has 0 unspecified atom stereocenters. The van der Waals surface area contributed by atoms with Crippen LogP contribution in [0, 0.1) is 6.92 Å². The van der Waals surface area contributed by atoms with Gasteiger partial charge in [0.2, 0.25) is 0 Å². The fraction of sp³-hybridized carbons (Fsp3) is 0.227. The molecule has 4 nitrogen and oxygen atoms in total. The van der Waals surface area contributed by atoms with E-state index >= 15 is 0 Å². The smallest absolute Gasteiger partial charge is 0.179 e. The second-order valence-corrected chi connectivity index (χ2v) is 6.51. The lowest BCUT2D eigenvalue weighted by molar-refractivity contribution is 0.0944. The molecule has 0 aliphatic rings. The molecule has 2 aromatic carbocycles. The SMILES string of the molecule is C=CCOc1ccc(CN(C)CC(=O)c2c(C)[nH]c3ccccc23)cc1. The van der Waals surface area contributed by atoms with Crippen LogP contribution in [0.5, 0.6) is 5.75 Å². The molecule has 26 heavy (non-hydrogen) atoms. The van der Waals surface area contributed by atoms with E-state index in [1.54, 1.807) is 6.08 Å². The first-order chi connectivity index (χ1) is 12.6. The molecule has 1 heterocycles. The molecule has 0 amide bonds. The average Bonchev–Trinajstić information content (AvgIpc) is 2.96. The Labute approximate surface area is 154 Å². The number of likely N-dealkylation sites (N-methyl/N-ethyl adjacent to an activating group) is 1. The Balaban J connectivity index is 1.65. The van der Waals surface area contributed by atoms with Gasteiger partial charge in [0.05, 0.1) is 6.54 Å². The molecule has 0 fully saturated rings. The van der Waals surface area contributed by atoms with Crippen molar-refractivity contribution < 1.29 is 9.53 Å². The average molecular weight is 348 g/mol. The maximum Gasteiger partial charge on any atom is 0.179 e. The first kappa shape index (κ1) is 18.0. The van der Waals surface area contributed by atoms with Crippen LogP contribution >= 0.6 is 0 Å². The number of H-pyrrole nitrogens is 1. The molecular weight excluding hydrogens is 324 g/mol. The van der Waals surface area contributed by atoms with Gasteiger partial charge in [0, 0.05) is 28.7 Å². The van der Waals surface area contributed by atoms with Crippen molar-refractivity contribution in [1.82, 2.24) is 9.88 Å². The van der Waals surface area contributed by atoms with Gasteiger partial charge in [0.1, 0.15) is 12.4 Å². The van der Waals surface area contributed by atoms with Crippen molar-refractivity contribution in [2.75, 3.05) is 20.2 Å². The summed E-state index contributed by atoms with van der Waals surface area (Å²) < 4.78 is 5.49. The van der Waals surface area contributed by atoms with Crippen molar-refractivity contribution in [3.05, 3.63) is 78.0 Å². The van der Waals surface area contributed by atoms with Gasteiger partial charge in [0.25, 0.3) is 0 Å². The third-order valence-corrected chi connectivity index (χ3v) is 4.33. The maximum atomic E-state index is 12.8. The normalized spacial score (nSPS) is 11.0. The molecule has 3 aromatic rings. The lowest BCUT2D eigenvalue weighted by Crippen LogP contribution is -2.25. The minimum atomic E-state index is 0.133. The topological polar surface area (TPSA) is 45.3 Å². The van der Waals surface area contributed by atoms with E-state index in [1.165, 1.54) is 0 Å². The van der Waals surface area contributed by atoms with Crippen molar-refractivity contribution in [3.8, 4) is 5.75 Å². The summed E-state index contributed by atoms with van der Waals surface area (Å²) in [5.74, 6) is 0.954. The van der Waals surface area contributed by atoms with Crippen molar-refractivity contribution in [1.29, 1.82) is 0 Å². The van der Waals surface area contributed by atoms with Gasteiger partial charge in [-0.3, -0.25) is 9.69 Å². The number of aryl methyl sites for hydroxylation is 1. The van der Waals surface area contributed by atoms with Gasteiger partial charge in [-0.15, -0.1) is 0 Å². The van der Waals surface area contributed by atoms with Crippen LogP contribution in [0.15, 0.2) is 61.2 Å². The highest BCUT2D eigenvalue weighted by molar-refractivity contribution is 6.10. The molecule has 0 bridgehead atoms. The Kier molecular flexibility index (Phi) is 5.54. The Hall–Kier alpha value is -2.85. The van der Waals surface area contributed by atoms with Gasteiger partial charge in [-0.1, -0.05) is 43.0 Å². The summed E-state index contributed by atoms with van der Waals surface area (Å²) in [5, 5.41) is 0.993. The number of aromatic amines is 1. The van der Waals surface area contributed by atoms with Crippen LogP contribution < -0.4 is 4.74 Å². The lowest BCUT2D eigenvalue weighted by Gasteiger charge is -2.16. The first-order valence-corrected chi connectivity index (χ1v) is 8.70. The minimum Gasteiger partial charge on any atom is -0.490 e. The van der Waals surface area contributed by atoms with Gasteiger partial charge in [-0.05, 0) is 37.7 Å². The fourth-order valence-electron chi connectivity index (χ4n) is 3.17. The summed E-state index contributed by atoms with van der Waals surface area (Å²) in [6.07, 6.45) is 1.72. The summed E-state index contributed by atoms with van der Waals surface area (Å²) in [6.45, 7) is 7.17. The number of rotatable bonds is 8. The number of Topliss-reactive ketones (excluding diaryl/α,β-unsaturated/α-hetero) is 1. The van der Waals surface area contributed by atoms with Crippen molar-refractivity contribution in [2.24, 2.45) is 0 Å². The third-order valence-electron chi connectivity index (χ3n) is 4.33. The van der Waals surface area contributed by atoms with Crippen LogP contribution in [0.2, 0.25) is 0 Å². The summed E-state index contributed by atoms with van der Waals surface area (Å²) in [4.78, 5) is 18.1. The minimum absolute atomic E-state index is 0.133. The Morgan fingerprint density at radius 3 is 2.65 bits per heavy atom. The number of fused-ring (bicyclic) bond motifs is 1. The molecule has 134 valence electrons. The van der Waals surface area contributed by atoms with Crippen LogP contribution in [0.25, 0.3) is 10.9 Å². The fourth-order valence-corrected chi connectivity index (χ4v) is 3.17. The molecule has 0 radical (unpaired) electrons. The highest BCUT2D eigenvalue weighted by atomic mass is 16.5. The van der Waals surface area contributed by atoms with Crippen molar-refractivity contribution >= 4 is 16.7 Å². The number of benzene rings is 2. The highest BCUT2D eigenvalue weighted by Gasteiger charge is 2.17. The van der Waals surface area contributed by atoms with Gasteiger partial charge in [0.15, 0.2) is 5.78 Å². The van der Waals surface area contributed by atoms with E-state index in [-0.39, 0.29) is 5.78 Å². The van der Waals surface area contributed by atoms with Crippen LogP contribution in [0.1, 0.15) is 21.6 Å². The zero-order valence-electron chi connectivity index (χ0n) is 15.3. The molecule has 0 aliphatic carbocycles. The zero-order valence-corrected chi connectivity index (χ0v) is 15.3. The van der Waals surface area contributed by atoms with Crippen LogP contribution in [0.3, 0.4) is 0 Å². The number of nitrogens with one attached hydrogen (secondary N) is 1. The van der Waals surface area contributed by atoms with E-state index in [1.807, 2.05) is 67.4 Å². The van der Waals surface area contributed by atoms with Gasteiger partial charge >= 0.3 is 0 Å². The number of aromatic nitrogens is 1. The number of para-hydroxylation sites is 1. The second kappa shape index (κ2) is 8.02. The Morgan fingerprint density at radius 2 is 1.92 bits per heavy atom. The zero-order chi connectivity index (χ0) is 18.5. The quantitative estimate of drug-likeness (QED) is 0.486. The van der Waals surface area contributed by atoms with Gasteiger partial charge < -0.3 is 9.72 Å². The molecular formula is C22H24N2O2. The number of ether oxygens (including phenoxy) is 1. The predicted molar refractivity (Wildman–Crippen MR) is 106 cm³/mol. The number of carbonyl (C=O) groups is 1. The standard InChI is InChI=1S/C22H24N2O2/c1-4-13-26-18-11-9-17(10-12-18)14-24(3)15-21(25)22-16(2)23-20-8-6-5-7-19(20)22/h4-12,23H,1,13-15H2,2-3H3. The molecule has 0 atom stereocenters. The van der Waals surface area contributed by atoms with E-state index in [2.05, 4.69) is 11.6 Å². The van der Waals surface area contributed by atoms with E-state index < -0.39 is 0 Å². The summed E-state index contributed by atoms with van der Waals surface area (Å²) in [5.41, 5.74) is 3.86. The molecule has 0 saturated carbocycles. The molecule has 1 aromatic heterocycles. The molecule has 1 N–H and O–H groups in total. The first-order valence-electron chi connectivity index (χ1n) is 8.70. The molecule has 3 rings (SSSR count). The highest BCUT2D eigenvalue weighted by Crippen LogP contribution is 2.22. The van der Waals surface area contributed by atoms with Gasteiger partial charge in [-0.25, -0.2) is 0 Å². The number of carbonyl (C=O) groups excluding carboxylic acids is 1. The maximum absolute atomic E-state index is 12.8. The predicted octanol–water partition coefficient (Wildman–Crippen LogP) is 4.36.